The standard InChI is InChI=1S/C12H7Cl3INO2S/c13-9-3-2-8(6-10(9)14)20(18,19)17-12-4-1-7(16)5-11(12)15/h1-6,17H. The third kappa shape index (κ3) is 3.71. The van der Waals surface area contributed by atoms with E-state index in [-0.39, 0.29) is 14.9 Å². The molecule has 0 saturated carbocycles. The van der Waals surface area contributed by atoms with Crippen LogP contribution in [0, 0.1) is 3.57 Å². The van der Waals surface area contributed by atoms with Crippen LogP contribution in [0.2, 0.25) is 15.1 Å². The fourth-order valence-electron chi connectivity index (χ4n) is 1.42. The summed E-state index contributed by atoms with van der Waals surface area (Å²) in [6.45, 7) is 0. The summed E-state index contributed by atoms with van der Waals surface area (Å²) in [5.41, 5.74) is 0.304. The summed E-state index contributed by atoms with van der Waals surface area (Å²) in [6.07, 6.45) is 0. The second-order valence-corrected chi connectivity index (χ2v) is 7.96. The predicted octanol–water partition coefficient (Wildman–Crippen LogP) is 5.05. The highest BCUT2D eigenvalue weighted by Gasteiger charge is 2.17. The first kappa shape index (κ1) is 16.2. The third-order valence-corrected chi connectivity index (χ3v) is 5.46. The van der Waals surface area contributed by atoms with Gasteiger partial charge in [-0.2, -0.15) is 0 Å². The maximum atomic E-state index is 12.2. The van der Waals surface area contributed by atoms with Crippen LogP contribution < -0.4 is 4.72 Å². The number of sulfonamides is 1. The molecule has 0 aliphatic rings. The number of rotatable bonds is 3. The smallest absolute Gasteiger partial charge is 0.261 e. The van der Waals surface area contributed by atoms with Crippen LogP contribution in [0.4, 0.5) is 5.69 Å². The molecule has 20 heavy (non-hydrogen) atoms. The molecule has 2 aromatic carbocycles. The highest BCUT2D eigenvalue weighted by Crippen LogP contribution is 2.29. The molecular formula is C12H7Cl3INO2S. The molecule has 0 aromatic heterocycles. The van der Waals surface area contributed by atoms with Gasteiger partial charge in [0, 0.05) is 3.57 Å². The molecule has 3 nitrogen and oxygen atoms in total. The third-order valence-electron chi connectivity index (χ3n) is 2.38. The highest BCUT2D eigenvalue weighted by atomic mass is 127. The topological polar surface area (TPSA) is 46.2 Å². The Labute approximate surface area is 145 Å². The molecule has 0 aliphatic carbocycles. The van der Waals surface area contributed by atoms with Crippen molar-refractivity contribution in [2.24, 2.45) is 0 Å². The van der Waals surface area contributed by atoms with Crippen molar-refractivity contribution >= 4 is 73.1 Å². The van der Waals surface area contributed by atoms with Gasteiger partial charge < -0.3 is 0 Å². The fraction of sp³-hybridized carbons (Fsp3) is 0. The predicted molar refractivity (Wildman–Crippen MR) is 91.4 cm³/mol. The van der Waals surface area contributed by atoms with Crippen molar-refractivity contribution < 1.29 is 8.42 Å². The number of hydrogen-bond acceptors (Lipinski definition) is 2. The first-order valence-corrected chi connectivity index (χ1v) is 8.92. The van der Waals surface area contributed by atoms with Crippen molar-refractivity contribution in [3.8, 4) is 0 Å². The summed E-state index contributed by atoms with van der Waals surface area (Å²) in [4.78, 5) is 0.0153. The lowest BCUT2D eigenvalue weighted by Crippen LogP contribution is -2.13. The number of anilines is 1. The van der Waals surface area contributed by atoms with E-state index in [0.29, 0.717) is 10.7 Å². The molecule has 0 saturated heterocycles. The van der Waals surface area contributed by atoms with Crippen LogP contribution in [0.15, 0.2) is 41.3 Å². The Morgan fingerprint density at radius 1 is 0.900 bits per heavy atom. The van der Waals surface area contributed by atoms with Gasteiger partial charge in [0.2, 0.25) is 0 Å². The molecule has 0 radical (unpaired) electrons. The summed E-state index contributed by atoms with van der Waals surface area (Å²) in [5.74, 6) is 0. The van der Waals surface area contributed by atoms with Crippen molar-refractivity contribution in [3.05, 3.63) is 55.0 Å². The average molecular weight is 463 g/mol. The van der Waals surface area contributed by atoms with E-state index in [1.807, 2.05) is 0 Å². The zero-order chi connectivity index (χ0) is 14.9. The van der Waals surface area contributed by atoms with Gasteiger partial charge >= 0.3 is 0 Å². The Morgan fingerprint density at radius 3 is 2.20 bits per heavy atom. The molecule has 2 rings (SSSR count). The summed E-state index contributed by atoms with van der Waals surface area (Å²) in [6, 6.07) is 9.09. The van der Waals surface area contributed by atoms with Gasteiger partial charge in [-0.05, 0) is 59.0 Å². The summed E-state index contributed by atoms with van der Waals surface area (Å²) in [5, 5.41) is 0.779. The van der Waals surface area contributed by atoms with E-state index in [4.69, 9.17) is 34.8 Å². The molecule has 0 fully saturated rings. The monoisotopic (exact) mass is 461 g/mol. The number of hydrogen-bond donors (Lipinski definition) is 1. The molecule has 0 heterocycles. The van der Waals surface area contributed by atoms with Crippen LogP contribution in [0.25, 0.3) is 0 Å². The number of benzene rings is 2. The maximum absolute atomic E-state index is 12.2. The minimum Gasteiger partial charge on any atom is -0.278 e. The summed E-state index contributed by atoms with van der Waals surface area (Å²) >= 11 is 19.7. The van der Waals surface area contributed by atoms with Crippen LogP contribution in [0.3, 0.4) is 0 Å². The first-order chi connectivity index (χ1) is 9.29. The summed E-state index contributed by atoms with van der Waals surface area (Å²) in [7, 11) is -3.77. The van der Waals surface area contributed by atoms with Gasteiger partial charge in [0.05, 0.1) is 25.7 Å². The van der Waals surface area contributed by atoms with Gasteiger partial charge in [-0.3, -0.25) is 4.72 Å². The molecule has 2 aromatic rings. The lowest BCUT2D eigenvalue weighted by atomic mass is 10.3. The normalized spacial score (nSPS) is 11.4. The second-order valence-electron chi connectivity index (χ2n) is 3.81. The van der Waals surface area contributed by atoms with Crippen LogP contribution in [-0.4, -0.2) is 8.42 Å². The van der Waals surface area contributed by atoms with Crippen LogP contribution in [0.1, 0.15) is 0 Å². The molecule has 0 amide bonds. The van der Waals surface area contributed by atoms with Crippen molar-refractivity contribution in [2.45, 2.75) is 4.90 Å². The van der Waals surface area contributed by atoms with Crippen LogP contribution in [0.5, 0.6) is 0 Å². The number of halogens is 4. The van der Waals surface area contributed by atoms with Gasteiger partial charge in [-0.15, -0.1) is 0 Å². The minimum atomic E-state index is -3.77. The Balaban J connectivity index is 2.38. The van der Waals surface area contributed by atoms with Gasteiger partial charge in [0.15, 0.2) is 0 Å². The Morgan fingerprint density at radius 2 is 1.60 bits per heavy atom. The molecule has 0 unspecified atom stereocenters. The molecular weight excluding hydrogens is 455 g/mol. The molecule has 0 spiro atoms. The molecule has 106 valence electrons. The zero-order valence-corrected chi connectivity index (χ0v) is 14.9. The Hall–Kier alpha value is -0.210. The summed E-state index contributed by atoms with van der Waals surface area (Å²) < 4.78 is 27.8. The van der Waals surface area contributed by atoms with Gasteiger partial charge in [-0.1, -0.05) is 34.8 Å². The van der Waals surface area contributed by atoms with Crippen molar-refractivity contribution in [1.82, 2.24) is 0 Å². The van der Waals surface area contributed by atoms with E-state index in [1.165, 1.54) is 18.2 Å². The van der Waals surface area contributed by atoms with Crippen molar-refractivity contribution in [2.75, 3.05) is 4.72 Å². The van der Waals surface area contributed by atoms with E-state index in [0.717, 1.165) is 3.57 Å². The SMILES string of the molecule is O=S(=O)(Nc1ccc(I)cc1Cl)c1ccc(Cl)c(Cl)c1. The maximum Gasteiger partial charge on any atom is 0.261 e. The van der Waals surface area contributed by atoms with Crippen molar-refractivity contribution in [3.63, 3.8) is 0 Å². The van der Waals surface area contributed by atoms with Gasteiger partial charge in [0.25, 0.3) is 10.0 Å². The highest BCUT2D eigenvalue weighted by molar-refractivity contribution is 14.1. The molecule has 8 heteroatoms. The van der Waals surface area contributed by atoms with Crippen LogP contribution >= 0.6 is 57.4 Å². The van der Waals surface area contributed by atoms with E-state index in [1.54, 1.807) is 18.2 Å². The largest absolute Gasteiger partial charge is 0.278 e. The van der Waals surface area contributed by atoms with Gasteiger partial charge in [0.1, 0.15) is 0 Å². The average Bonchev–Trinajstić information content (AvgIpc) is 2.36. The van der Waals surface area contributed by atoms with E-state index < -0.39 is 10.0 Å². The fourth-order valence-corrected chi connectivity index (χ4v) is 3.85. The van der Waals surface area contributed by atoms with Crippen LogP contribution in [-0.2, 0) is 10.0 Å². The molecule has 0 bridgehead atoms. The van der Waals surface area contributed by atoms with Crippen molar-refractivity contribution in [1.29, 1.82) is 0 Å². The quantitative estimate of drug-likeness (QED) is 0.649. The molecule has 1 N–H and O–H groups in total. The Bertz CT molecular complexity index is 765. The van der Waals surface area contributed by atoms with E-state index >= 15 is 0 Å². The lowest BCUT2D eigenvalue weighted by molar-refractivity contribution is 0.601. The van der Waals surface area contributed by atoms with Gasteiger partial charge in [-0.25, -0.2) is 8.42 Å². The number of nitrogens with one attached hydrogen (secondary N) is 1. The molecule has 0 atom stereocenters. The first-order valence-electron chi connectivity index (χ1n) is 5.22. The minimum absolute atomic E-state index is 0.0153. The van der Waals surface area contributed by atoms with E-state index in [9.17, 15) is 8.42 Å². The lowest BCUT2D eigenvalue weighted by Gasteiger charge is -2.10. The Kier molecular flexibility index (Phi) is 5.07. The van der Waals surface area contributed by atoms with E-state index in [2.05, 4.69) is 27.3 Å². The zero-order valence-electron chi connectivity index (χ0n) is 9.70. The second kappa shape index (κ2) is 6.27. The molecule has 0 aliphatic heterocycles.